The van der Waals surface area contributed by atoms with E-state index in [1.807, 2.05) is 0 Å². The van der Waals surface area contributed by atoms with Crippen LogP contribution in [0.3, 0.4) is 0 Å². The number of carbonyl (C=O) groups is 3. The number of ether oxygens (including phenoxy) is 3. The summed E-state index contributed by atoms with van der Waals surface area (Å²) in [5, 5.41) is 0. The third kappa shape index (κ3) is 38.9. The van der Waals surface area contributed by atoms with Gasteiger partial charge in [0.2, 0.25) is 0 Å². The zero-order valence-electron chi connectivity index (χ0n) is 33.9. The van der Waals surface area contributed by atoms with Crippen molar-refractivity contribution < 1.29 is 28.6 Å². The Morgan fingerprint density at radius 2 is 0.686 bits per heavy atom. The van der Waals surface area contributed by atoms with Crippen LogP contribution in [0, 0.1) is 0 Å². The average molecular weight is 719 g/mol. The van der Waals surface area contributed by atoms with Crippen molar-refractivity contribution in [3.05, 3.63) is 24.3 Å². The van der Waals surface area contributed by atoms with Gasteiger partial charge in [-0.25, -0.2) is 0 Å². The fraction of sp³-hybridized carbons (Fsp3) is 0.844. The Bertz CT molecular complexity index is 835. The maximum Gasteiger partial charge on any atom is 0.306 e. The Morgan fingerprint density at radius 1 is 0.373 bits per heavy atom. The molecule has 0 amide bonds. The predicted octanol–water partition coefficient (Wildman–Crippen LogP) is 13.6. The van der Waals surface area contributed by atoms with E-state index in [9.17, 15) is 14.4 Å². The number of carbonyl (C=O) groups excluding carboxylic acids is 3. The van der Waals surface area contributed by atoms with Gasteiger partial charge in [-0.1, -0.05) is 167 Å². The lowest BCUT2D eigenvalue weighted by molar-refractivity contribution is -0.167. The first-order valence-corrected chi connectivity index (χ1v) is 21.8. The van der Waals surface area contributed by atoms with Crippen molar-refractivity contribution in [3.63, 3.8) is 0 Å². The highest BCUT2D eigenvalue weighted by molar-refractivity contribution is 5.71. The minimum absolute atomic E-state index is 0.0756. The van der Waals surface area contributed by atoms with Crippen LogP contribution < -0.4 is 0 Å². The second-order valence-corrected chi connectivity index (χ2v) is 14.6. The molecule has 0 saturated heterocycles. The van der Waals surface area contributed by atoms with E-state index in [1.54, 1.807) is 0 Å². The molecule has 0 rings (SSSR count). The summed E-state index contributed by atoms with van der Waals surface area (Å²) in [6, 6.07) is 0. The molecule has 51 heavy (non-hydrogen) atoms. The summed E-state index contributed by atoms with van der Waals surface area (Å²) >= 11 is 0. The molecule has 1 unspecified atom stereocenters. The third-order valence-electron chi connectivity index (χ3n) is 9.41. The SMILES string of the molecule is CCC/C=C\CCCCCCCC(=O)OC(COC(=O)CCCCCCC/C=C\CCCCCCCC)COC(=O)CCCCCCCCCC. The van der Waals surface area contributed by atoms with Gasteiger partial charge in [-0.15, -0.1) is 0 Å². The minimum atomic E-state index is -0.770. The van der Waals surface area contributed by atoms with E-state index in [1.165, 1.54) is 103 Å². The summed E-state index contributed by atoms with van der Waals surface area (Å²) < 4.78 is 16.6. The quantitative estimate of drug-likeness (QED) is 0.0272. The van der Waals surface area contributed by atoms with Crippen LogP contribution in [0.15, 0.2) is 24.3 Å². The molecule has 0 fully saturated rings. The molecule has 0 N–H and O–H groups in total. The van der Waals surface area contributed by atoms with Crippen molar-refractivity contribution in [2.75, 3.05) is 13.2 Å². The standard InChI is InChI=1S/C45H82O6/c1-4-7-10-13-16-19-21-22-23-24-25-27-29-32-35-38-44(47)50-41-42(40-49-43(46)37-34-31-28-18-15-12-9-6-3)51-45(48)39-36-33-30-26-20-17-14-11-8-5-2/h11,14,22-23,42H,4-10,12-13,15-21,24-41H2,1-3H3/b14-11-,23-22-. The Labute approximate surface area is 315 Å². The molecule has 0 aromatic carbocycles. The van der Waals surface area contributed by atoms with E-state index in [4.69, 9.17) is 14.2 Å². The Hall–Kier alpha value is -2.11. The molecule has 0 heterocycles. The van der Waals surface area contributed by atoms with Crippen LogP contribution in [0.1, 0.15) is 226 Å². The van der Waals surface area contributed by atoms with Gasteiger partial charge in [0.1, 0.15) is 13.2 Å². The van der Waals surface area contributed by atoms with Crippen LogP contribution in [0.5, 0.6) is 0 Å². The zero-order chi connectivity index (χ0) is 37.3. The van der Waals surface area contributed by atoms with Crippen LogP contribution in [-0.4, -0.2) is 37.2 Å². The number of hydrogen-bond acceptors (Lipinski definition) is 6. The van der Waals surface area contributed by atoms with Gasteiger partial charge in [0, 0.05) is 19.3 Å². The molecule has 298 valence electrons. The highest BCUT2D eigenvalue weighted by Gasteiger charge is 2.19. The van der Waals surface area contributed by atoms with Crippen LogP contribution in [0.2, 0.25) is 0 Å². The van der Waals surface area contributed by atoms with E-state index in [0.29, 0.717) is 19.3 Å². The summed E-state index contributed by atoms with van der Waals surface area (Å²) in [7, 11) is 0. The first-order valence-electron chi connectivity index (χ1n) is 21.8. The number of allylic oxidation sites excluding steroid dienone is 4. The molecule has 0 aromatic rings. The molecule has 0 aliphatic carbocycles. The lowest BCUT2D eigenvalue weighted by Crippen LogP contribution is -2.30. The Kier molecular flexibility index (Phi) is 39.0. The van der Waals surface area contributed by atoms with Gasteiger partial charge < -0.3 is 14.2 Å². The summed E-state index contributed by atoms with van der Waals surface area (Å²) in [5.74, 6) is -0.899. The van der Waals surface area contributed by atoms with Crippen LogP contribution in [0.4, 0.5) is 0 Å². The van der Waals surface area contributed by atoms with E-state index < -0.39 is 6.10 Å². The minimum Gasteiger partial charge on any atom is -0.462 e. The van der Waals surface area contributed by atoms with Gasteiger partial charge in [0.25, 0.3) is 0 Å². The van der Waals surface area contributed by atoms with Gasteiger partial charge >= 0.3 is 17.9 Å². The first kappa shape index (κ1) is 48.9. The molecule has 6 heteroatoms. The van der Waals surface area contributed by atoms with Gasteiger partial charge in [0.05, 0.1) is 0 Å². The lowest BCUT2D eigenvalue weighted by atomic mass is 10.1. The molecule has 6 nitrogen and oxygen atoms in total. The van der Waals surface area contributed by atoms with Crippen molar-refractivity contribution in [1.82, 2.24) is 0 Å². The molecule has 0 spiro atoms. The van der Waals surface area contributed by atoms with Crippen molar-refractivity contribution >= 4 is 17.9 Å². The predicted molar refractivity (Wildman–Crippen MR) is 215 cm³/mol. The molecular weight excluding hydrogens is 636 g/mol. The Morgan fingerprint density at radius 3 is 1.06 bits per heavy atom. The fourth-order valence-corrected chi connectivity index (χ4v) is 6.08. The lowest BCUT2D eigenvalue weighted by Gasteiger charge is -2.18. The summed E-state index contributed by atoms with van der Waals surface area (Å²) in [6.45, 7) is 6.52. The molecule has 0 radical (unpaired) electrons. The monoisotopic (exact) mass is 719 g/mol. The topological polar surface area (TPSA) is 78.9 Å². The van der Waals surface area contributed by atoms with Gasteiger partial charge in [-0.05, 0) is 64.2 Å². The van der Waals surface area contributed by atoms with Crippen molar-refractivity contribution in [2.45, 2.75) is 232 Å². The normalized spacial score (nSPS) is 12.1. The maximum absolute atomic E-state index is 12.6. The smallest absolute Gasteiger partial charge is 0.306 e. The van der Waals surface area contributed by atoms with Crippen molar-refractivity contribution in [3.8, 4) is 0 Å². The van der Waals surface area contributed by atoms with Crippen LogP contribution in [-0.2, 0) is 28.6 Å². The molecule has 1 atom stereocenters. The zero-order valence-corrected chi connectivity index (χ0v) is 33.9. The number of rotatable bonds is 39. The van der Waals surface area contributed by atoms with Crippen LogP contribution >= 0.6 is 0 Å². The highest BCUT2D eigenvalue weighted by Crippen LogP contribution is 2.13. The maximum atomic E-state index is 12.6. The molecule has 0 aromatic heterocycles. The molecular formula is C45H82O6. The largest absolute Gasteiger partial charge is 0.462 e. The van der Waals surface area contributed by atoms with Gasteiger partial charge in [-0.3, -0.25) is 14.4 Å². The molecule has 0 bridgehead atoms. The van der Waals surface area contributed by atoms with Gasteiger partial charge in [0.15, 0.2) is 6.10 Å². The van der Waals surface area contributed by atoms with E-state index in [0.717, 1.165) is 83.5 Å². The number of hydrogen-bond donors (Lipinski definition) is 0. The highest BCUT2D eigenvalue weighted by atomic mass is 16.6. The van der Waals surface area contributed by atoms with E-state index in [2.05, 4.69) is 45.1 Å². The second-order valence-electron chi connectivity index (χ2n) is 14.6. The summed E-state index contributed by atoms with van der Waals surface area (Å²) in [5.41, 5.74) is 0. The van der Waals surface area contributed by atoms with E-state index in [-0.39, 0.29) is 31.1 Å². The van der Waals surface area contributed by atoms with Crippen LogP contribution in [0.25, 0.3) is 0 Å². The summed E-state index contributed by atoms with van der Waals surface area (Å²) in [6.07, 6.45) is 43.1. The molecule has 0 saturated carbocycles. The first-order chi connectivity index (χ1) is 25.0. The van der Waals surface area contributed by atoms with Crippen molar-refractivity contribution in [2.24, 2.45) is 0 Å². The molecule has 0 aliphatic rings. The number of unbranched alkanes of at least 4 members (excludes halogenated alkanes) is 24. The Balaban J connectivity index is 4.32. The second kappa shape index (κ2) is 40.7. The third-order valence-corrected chi connectivity index (χ3v) is 9.41. The fourth-order valence-electron chi connectivity index (χ4n) is 6.08. The summed E-state index contributed by atoms with van der Waals surface area (Å²) in [4.78, 5) is 37.5. The molecule has 0 aliphatic heterocycles. The average Bonchev–Trinajstić information content (AvgIpc) is 3.12. The van der Waals surface area contributed by atoms with Gasteiger partial charge in [-0.2, -0.15) is 0 Å². The number of esters is 3. The van der Waals surface area contributed by atoms with Crippen molar-refractivity contribution in [1.29, 1.82) is 0 Å². The van der Waals surface area contributed by atoms with E-state index >= 15 is 0 Å².